The van der Waals surface area contributed by atoms with E-state index in [-0.39, 0.29) is 18.3 Å². The standard InChI is InChI=1S/C13H14N4O3S/c18-13(9-15-6-5-12(14-15)17(19)20)16(10-3-4-10)8-11-2-1-7-21-11/h1-2,5-7,10H,3-4,8-9H2. The number of hydrogen-bond acceptors (Lipinski definition) is 5. The molecule has 1 aliphatic rings. The van der Waals surface area contributed by atoms with Gasteiger partial charge in [-0.3, -0.25) is 4.79 Å². The SMILES string of the molecule is O=C(Cn1ccc([N+](=O)[O-])n1)N(Cc1cccs1)C1CC1. The van der Waals surface area contributed by atoms with Gasteiger partial charge in [0.05, 0.1) is 23.9 Å². The molecule has 0 radical (unpaired) electrons. The maximum atomic E-state index is 12.4. The molecule has 0 unspecified atom stereocenters. The second-order valence-electron chi connectivity index (χ2n) is 4.96. The Balaban J connectivity index is 1.67. The molecule has 1 fully saturated rings. The summed E-state index contributed by atoms with van der Waals surface area (Å²) >= 11 is 1.62. The third kappa shape index (κ3) is 3.27. The molecule has 2 aromatic heterocycles. The van der Waals surface area contributed by atoms with E-state index in [0.29, 0.717) is 12.6 Å². The predicted octanol–water partition coefficient (Wildman–Crippen LogP) is 2.04. The van der Waals surface area contributed by atoms with Gasteiger partial charge in [-0.25, -0.2) is 0 Å². The maximum Gasteiger partial charge on any atom is 0.389 e. The number of aromatic nitrogens is 2. The third-order valence-corrected chi connectivity index (χ3v) is 4.19. The van der Waals surface area contributed by atoms with Gasteiger partial charge in [0, 0.05) is 10.9 Å². The van der Waals surface area contributed by atoms with Crippen LogP contribution in [0.2, 0.25) is 0 Å². The van der Waals surface area contributed by atoms with E-state index in [0.717, 1.165) is 17.7 Å². The highest BCUT2D eigenvalue weighted by molar-refractivity contribution is 7.09. The minimum Gasteiger partial charge on any atom is -0.358 e. The minimum absolute atomic E-state index is 0.0374. The Bertz CT molecular complexity index is 648. The fourth-order valence-electron chi connectivity index (χ4n) is 2.14. The molecule has 7 nitrogen and oxygen atoms in total. The van der Waals surface area contributed by atoms with Crippen LogP contribution in [0.15, 0.2) is 29.8 Å². The number of hydrogen-bond donors (Lipinski definition) is 0. The van der Waals surface area contributed by atoms with Crippen LogP contribution in [-0.2, 0) is 17.9 Å². The van der Waals surface area contributed by atoms with Crippen molar-refractivity contribution in [2.75, 3.05) is 0 Å². The molecule has 2 aromatic rings. The molecule has 0 bridgehead atoms. The van der Waals surface area contributed by atoms with Crippen molar-refractivity contribution in [2.45, 2.75) is 32.0 Å². The first-order valence-corrected chi connectivity index (χ1v) is 7.51. The van der Waals surface area contributed by atoms with Crippen LogP contribution in [0.4, 0.5) is 5.82 Å². The van der Waals surface area contributed by atoms with Crippen molar-refractivity contribution >= 4 is 23.1 Å². The van der Waals surface area contributed by atoms with Gasteiger partial charge in [0.1, 0.15) is 6.54 Å². The molecule has 1 saturated carbocycles. The second kappa shape index (κ2) is 5.65. The van der Waals surface area contributed by atoms with Crippen molar-refractivity contribution in [1.82, 2.24) is 14.7 Å². The maximum absolute atomic E-state index is 12.4. The van der Waals surface area contributed by atoms with Gasteiger partial charge in [-0.1, -0.05) is 6.07 Å². The molecule has 0 atom stereocenters. The summed E-state index contributed by atoms with van der Waals surface area (Å²) in [6.45, 7) is 0.639. The Kier molecular flexibility index (Phi) is 3.70. The smallest absolute Gasteiger partial charge is 0.358 e. The Morgan fingerprint density at radius 3 is 2.90 bits per heavy atom. The average Bonchev–Trinajstić information content (AvgIpc) is 2.97. The van der Waals surface area contributed by atoms with E-state index >= 15 is 0 Å². The lowest BCUT2D eigenvalue weighted by Gasteiger charge is -2.21. The number of nitro groups is 1. The first-order chi connectivity index (χ1) is 10.1. The number of carbonyl (C=O) groups excluding carboxylic acids is 1. The van der Waals surface area contributed by atoms with Gasteiger partial charge in [0.2, 0.25) is 5.91 Å². The fourth-order valence-corrected chi connectivity index (χ4v) is 2.85. The van der Waals surface area contributed by atoms with E-state index in [2.05, 4.69) is 5.10 Å². The van der Waals surface area contributed by atoms with E-state index in [1.165, 1.54) is 16.9 Å². The van der Waals surface area contributed by atoms with Crippen molar-refractivity contribution in [2.24, 2.45) is 0 Å². The van der Waals surface area contributed by atoms with E-state index < -0.39 is 4.92 Å². The largest absolute Gasteiger partial charge is 0.389 e. The first kappa shape index (κ1) is 13.7. The highest BCUT2D eigenvalue weighted by atomic mass is 32.1. The van der Waals surface area contributed by atoms with E-state index in [9.17, 15) is 14.9 Å². The summed E-state index contributed by atoms with van der Waals surface area (Å²) in [5.74, 6) is -0.289. The van der Waals surface area contributed by atoms with Gasteiger partial charge >= 0.3 is 5.82 Å². The molecule has 2 heterocycles. The van der Waals surface area contributed by atoms with Gasteiger partial charge in [-0.15, -0.1) is 11.3 Å². The topological polar surface area (TPSA) is 81.3 Å². The molecule has 0 spiro atoms. The van der Waals surface area contributed by atoms with Crippen LogP contribution < -0.4 is 0 Å². The van der Waals surface area contributed by atoms with Crippen molar-refractivity contribution in [3.63, 3.8) is 0 Å². The molecule has 21 heavy (non-hydrogen) atoms. The van der Waals surface area contributed by atoms with Crippen LogP contribution in [0.3, 0.4) is 0 Å². The van der Waals surface area contributed by atoms with Gasteiger partial charge in [0.15, 0.2) is 0 Å². The zero-order chi connectivity index (χ0) is 14.8. The quantitative estimate of drug-likeness (QED) is 0.604. The number of rotatable bonds is 6. The Morgan fingerprint density at radius 1 is 1.52 bits per heavy atom. The van der Waals surface area contributed by atoms with Gasteiger partial charge in [-0.2, -0.15) is 4.68 Å². The minimum atomic E-state index is -0.564. The van der Waals surface area contributed by atoms with Crippen LogP contribution in [0.25, 0.3) is 0 Å². The lowest BCUT2D eigenvalue weighted by Crippen LogP contribution is -2.35. The predicted molar refractivity (Wildman–Crippen MR) is 76.8 cm³/mol. The number of thiophene rings is 1. The summed E-state index contributed by atoms with van der Waals surface area (Å²) in [7, 11) is 0. The van der Waals surface area contributed by atoms with Crippen molar-refractivity contribution in [3.8, 4) is 0 Å². The van der Waals surface area contributed by atoms with E-state index in [4.69, 9.17) is 0 Å². The number of carbonyl (C=O) groups is 1. The molecule has 0 N–H and O–H groups in total. The Labute approximate surface area is 124 Å². The lowest BCUT2D eigenvalue weighted by atomic mass is 10.3. The normalized spacial score (nSPS) is 14.1. The average molecular weight is 306 g/mol. The molecule has 1 aliphatic carbocycles. The van der Waals surface area contributed by atoms with Gasteiger partial charge < -0.3 is 15.0 Å². The molecule has 8 heteroatoms. The zero-order valence-electron chi connectivity index (χ0n) is 11.2. The summed E-state index contributed by atoms with van der Waals surface area (Å²) in [5.41, 5.74) is 0. The van der Waals surface area contributed by atoms with Gasteiger partial charge in [0.25, 0.3) is 0 Å². The van der Waals surface area contributed by atoms with Crippen molar-refractivity contribution in [1.29, 1.82) is 0 Å². The van der Waals surface area contributed by atoms with Crippen LogP contribution in [0, 0.1) is 10.1 Å². The van der Waals surface area contributed by atoms with Crippen molar-refractivity contribution < 1.29 is 9.72 Å². The number of amides is 1. The monoisotopic (exact) mass is 306 g/mol. The number of nitrogens with zero attached hydrogens (tertiary/aromatic N) is 4. The molecule has 3 rings (SSSR count). The Hall–Kier alpha value is -2.22. The molecular weight excluding hydrogens is 292 g/mol. The summed E-state index contributed by atoms with van der Waals surface area (Å²) in [6, 6.07) is 5.57. The summed E-state index contributed by atoms with van der Waals surface area (Å²) in [6.07, 6.45) is 3.51. The summed E-state index contributed by atoms with van der Waals surface area (Å²) in [5, 5.41) is 16.4. The first-order valence-electron chi connectivity index (χ1n) is 6.63. The zero-order valence-corrected chi connectivity index (χ0v) is 12.0. The summed E-state index contributed by atoms with van der Waals surface area (Å²) in [4.78, 5) is 25.4. The summed E-state index contributed by atoms with van der Waals surface area (Å²) < 4.78 is 1.32. The van der Waals surface area contributed by atoms with E-state index in [1.807, 2.05) is 22.4 Å². The second-order valence-corrected chi connectivity index (χ2v) is 5.99. The molecule has 1 amide bonds. The van der Waals surface area contributed by atoms with Crippen molar-refractivity contribution in [3.05, 3.63) is 44.8 Å². The third-order valence-electron chi connectivity index (χ3n) is 3.33. The molecule has 0 aromatic carbocycles. The van der Waals surface area contributed by atoms with Crippen LogP contribution in [-0.4, -0.2) is 31.6 Å². The fraction of sp³-hybridized carbons (Fsp3) is 0.385. The Morgan fingerprint density at radius 2 is 2.33 bits per heavy atom. The van der Waals surface area contributed by atoms with Crippen LogP contribution in [0.1, 0.15) is 17.7 Å². The molecule has 0 aliphatic heterocycles. The van der Waals surface area contributed by atoms with Crippen LogP contribution in [0.5, 0.6) is 0 Å². The van der Waals surface area contributed by atoms with Crippen LogP contribution >= 0.6 is 11.3 Å². The van der Waals surface area contributed by atoms with Gasteiger partial charge in [-0.05, 0) is 29.2 Å². The van der Waals surface area contributed by atoms with E-state index in [1.54, 1.807) is 11.3 Å². The molecular formula is C13H14N4O3S. The lowest BCUT2D eigenvalue weighted by molar-refractivity contribution is -0.389. The molecule has 0 saturated heterocycles. The highest BCUT2D eigenvalue weighted by Gasteiger charge is 2.33. The molecule has 110 valence electrons. The highest BCUT2D eigenvalue weighted by Crippen LogP contribution is 2.29.